The Labute approximate surface area is 68.2 Å². The van der Waals surface area contributed by atoms with Crippen molar-refractivity contribution in [1.29, 1.82) is 0 Å². The van der Waals surface area contributed by atoms with Gasteiger partial charge in [0.25, 0.3) is 0 Å². The van der Waals surface area contributed by atoms with Gasteiger partial charge in [-0.15, -0.1) is 0 Å². The summed E-state index contributed by atoms with van der Waals surface area (Å²) in [5.74, 6) is 0.646. The lowest BCUT2D eigenvalue weighted by Gasteiger charge is -2.11. The van der Waals surface area contributed by atoms with E-state index < -0.39 is 0 Å². The van der Waals surface area contributed by atoms with Crippen molar-refractivity contribution in [3.63, 3.8) is 0 Å². The smallest absolute Gasteiger partial charge is 0.0696 e. The van der Waals surface area contributed by atoms with Crippen LogP contribution in [0.15, 0.2) is 0 Å². The third-order valence-electron chi connectivity index (χ3n) is 2.49. The number of hydrogen-bond donors (Lipinski definition) is 3. The molecular formula is C8H18N2O. The minimum atomic E-state index is -0.140. The van der Waals surface area contributed by atoms with Crippen molar-refractivity contribution in [3.05, 3.63) is 0 Å². The second-order valence-corrected chi connectivity index (χ2v) is 3.36. The van der Waals surface area contributed by atoms with E-state index in [0.717, 1.165) is 19.4 Å². The second-order valence-electron chi connectivity index (χ2n) is 3.36. The van der Waals surface area contributed by atoms with E-state index in [-0.39, 0.29) is 6.10 Å². The first-order chi connectivity index (χ1) is 5.27. The zero-order valence-electron chi connectivity index (χ0n) is 7.30. The zero-order chi connectivity index (χ0) is 8.27. The summed E-state index contributed by atoms with van der Waals surface area (Å²) in [4.78, 5) is 0. The summed E-state index contributed by atoms with van der Waals surface area (Å²) >= 11 is 0. The molecule has 0 aromatic heterocycles. The van der Waals surface area contributed by atoms with Gasteiger partial charge in [0, 0.05) is 6.04 Å². The molecule has 11 heavy (non-hydrogen) atoms. The Kier molecular flexibility index (Phi) is 3.30. The van der Waals surface area contributed by atoms with Gasteiger partial charge in [0.1, 0.15) is 0 Å². The number of rotatable bonds is 3. The molecule has 0 saturated heterocycles. The first-order valence-electron chi connectivity index (χ1n) is 4.28. The van der Waals surface area contributed by atoms with E-state index in [1.54, 1.807) is 0 Å². The minimum absolute atomic E-state index is 0.140. The summed E-state index contributed by atoms with van der Waals surface area (Å²) < 4.78 is 0. The highest BCUT2D eigenvalue weighted by atomic mass is 16.3. The van der Waals surface area contributed by atoms with Crippen molar-refractivity contribution < 1.29 is 5.11 Å². The predicted molar refractivity (Wildman–Crippen MR) is 45.5 cm³/mol. The van der Waals surface area contributed by atoms with Crippen molar-refractivity contribution in [2.24, 2.45) is 5.92 Å². The third kappa shape index (κ3) is 2.15. The van der Waals surface area contributed by atoms with Gasteiger partial charge < -0.3 is 15.7 Å². The van der Waals surface area contributed by atoms with E-state index >= 15 is 0 Å². The van der Waals surface area contributed by atoms with Gasteiger partial charge in [-0.25, -0.2) is 0 Å². The van der Waals surface area contributed by atoms with E-state index in [0.29, 0.717) is 12.0 Å². The maximum absolute atomic E-state index is 9.50. The van der Waals surface area contributed by atoms with Gasteiger partial charge in [-0.1, -0.05) is 0 Å². The van der Waals surface area contributed by atoms with E-state index in [1.807, 2.05) is 14.1 Å². The van der Waals surface area contributed by atoms with E-state index in [1.165, 1.54) is 0 Å². The molecule has 0 aliphatic heterocycles. The van der Waals surface area contributed by atoms with Crippen molar-refractivity contribution in [2.45, 2.75) is 25.0 Å². The fourth-order valence-corrected chi connectivity index (χ4v) is 1.88. The van der Waals surface area contributed by atoms with Gasteiger partial charge in [0.2, 0.25) is 0 Å². The highest BCUT2D eigenvalue weighted by Gasteiger charge is 2.30. The van der Waals surface area contributed by atoms with Gasteiger partial charge in [0.05, 0.1) is 6.10 Å². The van der Waals surface area contributed by atoms with Crippen LogP contribution in [-0.2, 0) is 0 Å². The third-order valence-corrected chi connectivity index (χ3v) is 2.49. The number of likely N-dealkylation sites (N-methyl/N-ethyl adjacent to an activating group) is 1. The summed E-state index contributed by atoms with van der Waals surface area (Å²) in [6, 6.07) is 0.313. The fourth-order valence-electron chi connectivity index (χ4n) is 1.88. The fraction of sp³-hybridized carbons (Fsp3) is 1.00. The normalized spacial score (nSPS) is 37.9. The van der Waals surface area contributed by atoms with Crippen LogP contribution in [-0.4, -0.2) is 37.9 Å². The lowest BCUT2D eigenvalue weighted by molar-refractivity contribution is 0.150. The molecule has 0 aromatic carbocycles. The molecular weight excluding hydrogens is 140 g/mol. The Bertz CT molecular complexity index is 119. The highest BCUT2D eigenvalue weighted by Crippen LogP contribution is 2.24. The monoisotopic (exact) mass is 158 g/mol. The maximum Gasteiger partial charge on any atom is 0.0696 e. The molecule has 0 spiro atoms. The quantitative estimate of drug-likeness (QED) is 0.522. The number of aliphatic hydroxyl groups is 1. The van der Waals surface area contributed by atoms with Crippen LogP contribution in [0.4, 0.5) is 0 Å². The average molecular weight is 158 g/mol. The Morgan fingerprint density at radius 3 is 2.55 bits per heavy atom. The van der Waals surface area contributed by atoms with Crippen LogP contribution in [0.5, 0.6) is 0 Å². The molecule has 3 heteroatoms. The van der Waals surface area contributed by atoms with Crippen LogP contribution < -0.4 is 10.6 Å². The molecule has 1 aliphatic rings. The number of aliphatic hydroxyl groups excluding tert-OH is 1. The molecule has 3 nitrogen and oxygen atoms in total. The second kappa shape index (κ2) is 4.04. The maximum atomic E-state index is 9.50. The molecule has 0 heterocycles. The topological polar surface area (TPSA) is 44.3 Å². The minimum Gasteiger partial charge on any atom is -0.391 e. The van der Waals surface area contributed by atoms with Crippen molar-refractivity contribution in [2.75, 3.05) is 20.6 Å². The summed E-state index contributed by atoms with van der Waals surface area (Å²) in [7, 11) is 3.87. The first-order valence-corrected chi connectivity index (χ1v) is 4.28. The molecule has 66 valence electrons. The lowest BCUT2D eigenvalue weighted by atomic mass is 10.1. The SMILES string of the molecule is CNC[C@@H]1C[C@@H](O)[C@H](NC)C1. The molecule has 3 atom stereocenters. The number of nitrogens with one attached hydrogen (secondary N) is 2. The lowest BCUT2D eigenvalue weighted by Crippen LogP contribution is -2.32. The van der Waals surface area contributed by atoms with Crippen LogP contribution in [0, 0.1) is 5.92 Å². The summed E-state index contributed by atoms with van der Waals surface area (Å²) in [5.41, 5.74) is 0. The summed E-state index contributed by atoms with van der Waals surface area (Å²) in [5, 5.41) is 15.8. The summed E-state index contributed by atoms with van der Waals surface area (Å²) in [6.45, 7) is 1.02. The Hall–Kier alpha value is -0.120. The van der Waals surface area contributed by atoms with Crippen molar-refractivity contribution in [3.8, 4) is 0 Å². The van der Waals surface area contributed by atoms with Crippen LogP contribution in [0.1, 0.15) is 12.8 Å². The molecule has 0 unspecified atom stereocenters. The van der Waals surface area contributed by atoms with E-state index in [2.05, 4.69) is 10.6 Å². The summed E-state index contributed by atoms with van der Waals surface area (Å²) in [6.07, 6.45) is 1.89. The van der Waals surface area contributed by atoms with Crippen LogP contribution in [0.3, 0.4) is 0 Å². The first kappa shape index (κ1) is 8.97. The molecule has 0 aromatic rings. The molecule has 3 N–H and O–H groups in total. The largest absolute Gasteiger partial charge is 0.391 e. The zero-order valence-corrected chi connectivity index (χ0v) is 7.30. The van der Waals surface area contributed by atoms with Crippen LogP contribution >= 0.6 is 0 Å². The highest BCUT2D eigenvalue weighted by molar-refractivity contribution is 4.87. The molecule has 0 radical (unpaired) electrons. The van der Waals surface area contributed by atoms with Crippen molar-refractivity contribution >= 4 is 0 Å². The van der Waals surface area contributed by atoms with Gasteiger partial charge in [0.15, 0.2) is 0 Å². The Morgan fingerprint density at radius 2 is 2.09 bits per heavy atom. The van der Waals surface area contributed by atoms with Crippen LogP contribution in [0.25, 0.3) is 0 Å². The Balaban J connectivity index is 2.30. The predicted octanol–water partition coefficient (Wildman–Crippen LogP) is -0.435. The van der Waals surface area contributed by atoms with Crippen LogP contribution in [0.2, 0.25) is 0 Å². The molecule has 1 rings (SSSR count). The van der Waals surface area contributed by atoms with Crippen molar-refractivity contribution in [1.82, 2.24) is 10.6 Å². The molecule has 1 aliphatic carbocycles. The molecule has 0 bridgehead atoms. The standard InChI is InChI=1S/C8H18N2O/c1-9-5-6-3-7(10-2)8(11)4-6/h6-11H,3-5H2,1-2H3/t6-,7+,8+/m0/s1. The molecule has 0 amide bonds. The van der Waals surface area contributed by atoms with Gasteiger partial charge in [-0.2, -0.15) is 0 Å². The van der Waals surface area contributed by atoms with Gasteiger partial charge >= 0.3 is 0 Å². The molecule has 1 saturated carbocycles. The molecule has 1 fully saturated rings. The van der Waals surface area contributed by atoms with Gasteiger partial charge in [-0.3, -0.25) is 0 Å². The number of hydrogen-bond acceptors (Lipinski definition) is 3. The van der Waals surface area contributed by atoms with E-state index in [4.69, 9.17) is 0 Å². The van der Waals surface area contributed by atoms with E-state index in [9.17, 15) is 5.11 Å². The average Bonchev–Trinajstić information content (AvgIpc) is 2.32. The Morgan fingerprint density at radius 1 is 1.36 bits per heavy atom. The van der Waals surface area contributed by atoms with Gasteiger partial charge in [-0.05, 0) is 39.4 Å².